The second-order valence-corrected chi connectivity index (χ2v) is 4.55. The van der Waals surface area contributed by atoms with E-state index >= 15 is 0 Å². The van der Waals surface area contributed by atoms with Gasteiger partial charge < -0.3 is 14.4 Å². The molecule has 1 fully saturated rings. The minimum absolute atomic E-state index is 0.282. The van der Waals surface area contributed by atoms with E-state index in [1.54, 1.807) is 7.85 Å². The summed E-state index contributed by atoms with van der Waals surface area (Å²) < 4.78 is 30.6. The van der Waals surface area contributed by atoms with Crippen molar-refractivity contribution in [3.05, 3.63) is 0 Å². The maximum atomic E-state index is 11.1. The predicted molar refractivity (Wildman–Crippen MR) is 50.8 cm³/mol. The molecule has 6 nitrogen and oxygen atoms in total. The third-order valence-corrected chi connectivity index (χ3v) is 3.11. The number of rotatable bonds is 4. The fourth-order valence-corrected chi connectivity index (χ4v) is 1.99. The largest absolute Gasteiger partial charge is 0.472 e. The average Bonchev–Trinajstić information content (AvgIpc) is 2.48. The van der Waals surface area contributed by atoms with Crippen LogP contribution in [0.4, 0.5) is 0 Å². The van der Waals surface area contributed by atoms with Gasteiger partial charge in [0, 0.05) is 14.2 Å². The lowest BCUT2D eigenvalue weighted by Crippen LogP contribution is -2.34. The van der Waals surface area contributed by atoms with Crippen molar-refractivity contribution in [2.45, 2.75) is 18.2 Å². The molecule has 1 heterocycles. The molecule has 1 N–H and O–H groups in total. The van der Waals surface area contributed by atoms with Crippen LogP contribution in [-0.2, 0) is 23.1 Å². The van der Waals surface area contributed by atoms with Gasteiger partial charge in [-0.3, -0.25) is 9.05 Å². The SMILES string of the molecule is B[C@@H]1OCC(OC)[C@@H]1OP(=O)(O)OC. The summed E-state index contributed by atoms with van der Waals surface area (Å²) in [4.78, 5) is 9.11. The molecule has 0 aromatic rings. The van der Waals surface area contributed by atoms with Gasteiger partial charge in [0.15, 0.2) is 0 Å². The molecule has 0 saturated carbocycles. The van der Waals surface area contributed by atoms with E-state index in [1.807, 2.05) is 0 Å². The highest BCUT2D eigenvalue weighted by Gasteiger charge is 2.40. The van der Waals surface area contributed by atoms with Gasteiger partial charge in [0.05, 0.1) is 12.6 Å². The van der Waals surface area contributed by atoms with Gasteiger partial charge in [-0.1, -0.05) is 0 Å². The number of ether oxygens (including phenoxy) is 2. The molecule has 1 aliphatic heterocycles. The van der Waals surface area contributed by atoms with Crippen LogP contribution in [-0.4, -0.2) is 51.8 Å². The van der Waals surface area contributed by atoms with Crippen molar-refractivity contribution in [2.24, 2.45) is 0 Å². The van der Waals surface area contributed by atoms with Crippen LogP contribution < -0.4 is 0 Å². The lowest BCUT2D eigenvalue weighted by atomic mass is 9.94. The maximum absolute atomic E-state index is 11.1. The summed E-state index contributed by atoms with van der Waals surface area (Å²) >= 11 is 0. The van der Waals surface area contributed by atoms with E-state index in [-0.39, 0.29) is 12.1 Å². The summed E-state index contributed by atoms with van der Waals surface area (Å²) in [6.45, 7) is 0.353. The molecular formula is C6H14BO6P. The molecule has 8 heteroatoms. The van der Waals surface area contributed by atoms with E-state index < -0.39 is 13.9 Å². The zero-order valence-corrected chi connectivity index (χ0v) is 9.27. The fourth-order valence-electron chi connectivity index (χ4n) is 1.29. The third-order valence-electron chi connectivity index (χ3n) is 2.14. The monoisotopic (exact) mass is 224 g/mol. The summed E-state index contributed by atoms with van der Waals surface area (Å²) in [6.07, 6.45) is -0.906. The summed E-state index contributed by atoms with van der Waals surface area (Å²) in [6, 6.07) is -0.282. The standard InChI is InChI=1S/C6H14BO6P/c1-10-4-3-12-6(7)5(4)13-14(8,9)11-2/h4-6H,3,7H2,1-2H3,(H,8,9)/t4?,5-,6+/m0/s1. The predicted octanol–water partition coefficient (Wildman–Crippen LogP) is -0.877. The van der Waals surface area contributed by atoms with Gasteiger partial charge >= 0.3 is 7.82 Å². The normalized spacial score (nSPS) is 36.9. The van der Waals surface area contributed by atoms with E-state index in [2.05, 4.69) is 4.52 Å². The molecule has 1 aliphatic rings. The molecule has 2 unspecified atom stereocenters. The molecular weight excluding hydrogens is 210 g/mol. The molecule has 14 heavy (non-hydrogen) atoms. The first-order valence-corrected chi connectivity index (χ1v) is 5.71. The first-order chi connectivity index (χ1) is 6.50. The quantitative estimate of drug-likeness (QED) is 0.493. The van der Waals surface area contributed by atoms with E-state index in [9.17, 15) is 4.57 Å². The molecule has 0 radical (unpaired) electrons. The molecule has 0 aromatic carbocycles. The van der Waals surface area contributed by atoms with Crippen molar-refractivity contribution in [1.82, 2.24) is 0 Å². The Bertz CT molecular complexity index is 236. The number of hydrogen-bond acceptors (Lipinski definition) is 5. The molecule has 1 saturated heterocycles. The highest BCUT2D eigenvalue weighted by atomic mass is 31.2. The third kappa shape index (κ3) is 2.79. The Morgan fingerprint density at radius 1 is 1.57 bits per heavy atom. The van der Waals surface area contributed by atoms with Crippen molar-refractivity contribution in [3.8, 4) is 0 Å². The van der Waals surface area contributed by atoms with Gasteiger partial charge in [0.25, 0.3) is 0 Å². The van der Waals surface area contributed by atoms with Crippen molar-refractivity contribution < 1.29 is 28.0 Å². The Hall–Kier alpha value is 0.0949. The van der Waals surface area contributed by atoms with Gasteiger partial charge in [-0.15, -0.1) is 0 Å². The minimum Gasteiger partial charge on any atom is -0.382 e. The zero-order chi connectivity index (χ0) is 10.8. The van der Waals surface area contributed by atoms with Crippen molar-refractivity contribution >= 4 is 15.7 Å². The second kappa shape index (κ2) is 4.74. The van der Waals surface area contributed by atoms with Gasteiger partial charge in [0.2, 0.25) is 0 Å². The van der Waals surface area contributed by atoms with E-state index in [1.165, 1.54) is 7.11 Å². The van der Waals surface area contributed by atoms with Crippen LogP contribution in [0.2, 0.25) is 0 Å². The van der Waals surface area contributed by atoms with Crippen LogP contribution in [0.5, 0.6) is 0 Å². The van der Waals surface area contributed by atoms with Crippen LogP contribution in [0.15, 0.2) is 0 Å². The topological polar surface area (TPSA) is 74.2 Å². The molecule has 0 bridgehead atoms. The Labute approximate surface area is 83.5 Å². The smallest absolute Gasteiger partial charge is 0.382 e. The van der Waals surface area contributed by atoms with Gasteiger partial charge in [-0.05, 0) is 0 Å². The van der Waals surface area contributed by atoms with Crippen LogP contribution in [0, 0.1) is 0 Å². The van der Waals surface area contributed by atoms with Crippen LogP contribution in [0.25, 0.3) is 0 Å². The highest BCUT2D eigenvalue weighted by molar-refractivity contribution is 7.47. The molecule has 0 spiro atoms. The van der Waals surface area contributed by atoms with Crippen LogP contribution >= 0.6 is 7.82 Å². The van der Waals surface area contributed by atoms with Crippen LogP contribution in [0.1, 0.15) is 0 Å². The number of phosphoric ester groups is 1. The summed E-state index contributed by atoms with van der Waals surface area (Å²) in [5, 5.41) is 0. The van der Waals surface area contributed by atoms with Gasteiger partial charge in [0.1, 0.15) is 20.1 Å². The number of phosphoric acid groups is 1. The molecule has 0 aliphatic carbocycles. The Kier molecular flexibility index (Phi) is 4.12. The Morgan fingerprint density at radius 2 is 2.21 bits per heavy atom. The molecule has 82 valence electrons. The highest BCUT2D eigenvalue weighted by Crippen LogP contribution is 2.45. The summed E-state index contributed by atoms with van der Waals surface area (Å²) in [7, 11) is 0.391. The Morgan fingerprint density at radius 3 is 2.71 bits per heavy atom. The van der Waals surface area contributed by atoms with Gasteiger partial charge in [-0.2, -0.15) is 0 Å². The Balaban J connectivity index is 2.61. The fraction of sp³-hybridized carbons (Fsp3) is 1.00. The van der Waals surface area contributed by atoms with Crippen molar-refractivity contribution in [2.75, 3.05) is 20.8 Å². The van der Waals surface area contributed by atoms with Crippen molar-refractivity contribution in [1.29, 1.82) is 0 Å². The number of methoxy groups -OCH3 is 1. The van der Waals surface area contributed by atoms with Crippen LogP contribution in [0.3, 0.4) is 0 Å². The van der Waals surface area contributed by atoms with E-state index in [4.69, 9.17) is 18.9 Å². The van der Waals surface area contributed by atoms with Gasteiger partial charge in [-0.25, -0.2) is 4.57 Å². The summed E-state index contributed by atoms with van der Waals surface area (Å²) in [5.41, 5.74) is 0. The molecule has 0 amide bonds. The molecule has 0 aromatic heterocycles. The molecule has 4 atom stereocenters. The van der Waals surface area contributed by atoms with E-state index in [0.29, 0.717) is 6.61 Å². The maximum Gasteiger partial charge on any atom is 0.472 e. The summed E-state index contributed by atoms with van der Waals surface area (Å²) in [5.74, 6) is 0. The second-order valence-electron chi connectivity index (χ2n) is 3.03. The van der Waals surface area contributed by atoms with Crippen molar-refractivity contribution in [3.63, 3.8) is 0 Å². The number of hydrogen-bond donors (Lipinski definition) is 1. The lowest BCUT2D eigenvalue weighted by molar-refractivity contribution is 0.0126. The minimum atomic E-state index is -3.97. The zero-order valence-electron chi connectivity index (χ0n) is 8.37. The molecule has 1 rings (SSSR count). The lowest BCUT2D eigenvalue weighted by Gasteiger charge is -2.21. The first-order valence-electron chi connectivity index (χ1n) is 4.21. The first kappa shape index (κ1) is 12.2. The average molecular weight is 224 g/mol. The van der Waals surface area contributed by atoms with E-state index in [0.717, 1.165) is 7.11 Å².